The van der Waals surface area contributed by atoms with Crippen LogP contribution < -0.4 is 4.73 Å². The highest BCUT2D eigenvalue weighted by Crippen LogP contribution is 2.34. The Morgan fingerprint density at radius 2 is 1.26 bits per heavy atom. The molecule has 1 heterocycles. The van der Waals surface area contributed by atoms with E-state index in [0.717, 1.165) is 36.6 Å². The highest BCUT2D eigenvalue weighted by Gasteiger charge is 2.24. The molecule has 0 bridgehead atoms. The van der Waals surface area contributed by atoms with Crippen LogP contribution in [0.5, 0.6) is 0 Å². The van der Waals surface area contributed by atoms with E-state index in [1.807, 2.05) is 84.9 Å². The van der Waals surface area contributed by atoms with Gasteiger partial charge in [0.15, 0.2) is 5.52 Å². The van der Waals surface area contributed by atoms with E-state index in [9.17, 15) is 10.4 Å². The highest BCUT2D eigenvalue weighted by molar-refractivity contribution is 6.22. The van der Waals surface area contributed by atoms with Crippen molar-refractivity contribution in [3.05, 3.63) is 95.5 Å². The van der Waals surface area contributed by atoms with Crippen LogP contribution in [-0.2, 0) is 0 Å². The first-order valence-electron chi connectivity index (χ1n) is 8.75. The molecule has 0 saturated carbocycles. The lowest BCUT2D eigenvalue weighted by atomic mass is 10.00. The second-order valence-electron chi connectivity index (χ2n) is 6.50. The van der Waals surface area contributed by atoms with Gasteiger partial charge in [0.2, 0.25) is 5.52 Å². The Labute approximate surface area is 155 Å². The SMILES string of the molecule is [O-][n+]1c(C=Cc2ccccc2)n(O)c2c3ccccc3c3ccccc3c21. The van der Waals surface area contributed by atoms with Gasteiger partial charge in [0.1, 0.15) is 0 Å². The second kappa shape index (κ2) is 5.88. The minimum absolute atomic E-state index is 0.176. The zero-order valence-electron chi connectivity index (χ0n) is 14.4. The van der Waals surface area contributed by atoms with Crippen molar-refractivity contribution in [2.24, 2.45) is 0 Å². The minimum Gasteiger partial charge on any atom is -0.710 e. The fourth-order valence-corrected chi connectivity index (χ4v) is 3.71. The van der Waals surface area contributed by atoms with Crippen molar-refractivity contribution in [1.82, 2.24) is 4.73 Å². The Bertz CT molecular complexity index is 1260. The van der Waals surface area contributed by atoms with E-state index in [2.05, 4.69) is 0 Å². The average molecular weight is 352 g/mol. The number of aromatic nitrogens is 2. The summed E-state index contributed by atoms with van der Waals surface area (Å²) < 4.78 is 1.81. The van der Waals surface area contributed by atoms with Crippen LogP contribution in [0.2, 0.25) is 0 Å². The first kappa shape index (κ1) is 15.5. The third kappa shape index (κ3) is 2.27. The summed E-state index contributed by atoms with van der Waals surface area (Å²) in [6, 6.07) is 25.3. The molecule has 5 aromatic rings. The molecule has 0 amide bonds. The van der Waals surface area contributed by atoms with E-state index in [4.69, 9.17) is 0 Å². The van der Waals surface area contributed by atoms with Gasteiger partial charge in [0.05, 0.1) is 0 Å². The van der Waals surface area contributed by atoms with E-state index in [0.29, 0.717) is 11.0 Å². The normalized spacial score (nSPS) is 11.9. The van der Waals surface area contributed by atoms with Gasteiger partial charge in [-0.15, -0.1) is 0 Å². The van der Waals surface area contributed by atoms with Crippen LogP contribution in [0, 0.1) is 5.21 Å². The maximum Gasteiger partial charge on any atom is 0.325 e. The number of imidazole rings is 1. The summed E-state index contributed by atoms with van der Waals surface area (Å²) in [5.74, 6) is 0.176. The van der Waals surface area contributed by atoms with E-state index < -0.39 is 0 Å². The van der Waals surface area contributed by atoms with Crippen molar-refractivity contribution < 1.29 is 9.94 Å². The molecule has 0 radical (unpaired) electrons. The molecule has 0 unspecified atom stereocenters. The Balaban J connectivity index is 1.89. The number of rotatable bonds is 2. The molecule has 0 saturated heterocycles. The van der Waals surface area contributed by atoms with Gasteiger partial charge in [0.25, 0.3) is 0 Å². The van der Waals surface area contributed by atoms with Crippen LogP contribution in [0.1, 0.15) is 11.4 Å². The van der Waals surface area contributed by atoms with Crippen molar-refractivity contribution in [2.75, 3.05) is 0 Å². The zero-order chi connectivity index (χ0) is 18.4. The molecule has 0 fully saturated rings. The highest BCUT2D eigenvalue weighted by atomic mass is 16.5. The van der Waals surface area contributed by atoms with Gasteiger partial charge in [0, 0.05) is 16.8 Å². The lowest BCUT2D eigenvalue weighted by molar-refractivity contribution is -0.581. The zero-order valence-corrected chi connectivity index (χ0v) is 14.4. The number of hydrogen-bond donors (Lipinski definition) is 1. The van der Waals surface area contributed by atoms with E-state index >= 15 is 0 Å². The molecule has 1 aromatic heterocycles. The molecule has 0 aliphatic rings. The Morgan fingerprint density at radius 3 is 1.96 bits per heavy atom. The topological polar surface area (TPSA) is 52.1 Å². The summed E-state index contributed by atoms with van der Waals surface area (Å²) in [6.45, 7) is 0. The second-order valence-corrected chi connectivity index (χ2v) is 6.50. The van der Waals surface area contributed by atoms with Gasteiger partial charge in [-0.3, -0.25) is 0 Å². The van der Waals surface area contributed by atoms with Crippen LogP contribution in [-0.4, -0.2) is 9.94 Å². The molecule has 5 rings (SSSR count). The Morgan fingerprint density at radius 1 is 0.704 bits per heavy atom. The lowest BCUT2D eigenvalue weighted by Gasteiger charge is -2.06. The van der Waals surface area contributed by atoms with Crippen molar-refractivity contribution in [1.29, 1.82) is 0 Å². The monoisotopic (exact) mass is 352 g/mol. The van der Waals surface area contributed by atoms with Crippen molar-refractivity contribution in [3.63, 3.8) is 0 Å². The van der Waals surface area contributed by atoms with Crippen LogP contribution >= 0.6 is 0 Å². The molecule has 1 N–H and O–H groups in total. The van der Waals surface area contributed by atoms with Gasteiger partial charge in [-0.2, -0.15) is 0 Å². The van der Waals surface area contributed by atoms with Crippen LogP contribution in [0.3, 0.4) is 0 Å². The smallest absolute Gasteiger partial charge is 0.325 e. The first-order valence-corrected chi connectivity index (χ1v) is 8.75. The van der Waals surface area contributed by atoms with Crippen LogP contribution in [0.15, 0.2) is 78.9 Å². The van der Waals surface area contributed by atoms with Gasteiger partial charge in [-0.05, 0) is 39.3 Å². The third-order valence-corrected chi connectivity index (χ3v) is 4.94. The molecular weight excluding hydrogens is 336 g/mol. The largest absolute Gasteiger partial charge is 0.710 e. The fourth-order valence-electron chi connectivity index (χ4n) is 3.71. The minimum atomic E-state index is 0.176. The van der Waals surface area contributed by atoms with Gasteiger partial charge in [-0.1, -0.05) is 66.7 Å². The third-order valence-electron chi connectivity index (χ3n) is 4.94. The molecule has 27 heavy (non-hydrogen) atoms. The van der Waals surface area contributed by atoms with Crippen molar-refractivity contribution >= 4 is 44.7 Å². The van der Waals surface area contributed by atoms with Gasteiger partial charge in [-0.25, -0.2) is 4.73 Å². The Kier molecular flexibility index (Phi) is 3.37. The molecule has 4 aromatic carbocycles. The summed E-state index contributed by atoms with van der Waals surface area (Å²) >= 11 is 0. The number of benzene rings is 4. The standard InChI is InChI=1S/C23H16N2O2/c26-24-21(15-14-16-8-2-1-3-9-16)25(27)23-20-13-7-5-11-18(20)17-10-4-6-12-19(17)22(23)24/h1-15,26H. The number of fused-ring (bicyclic) bond motifs is 6. The van der Waals surface area contributed by atoms with E-state index in [1.165, 1.54) is 0 Å². The summed E-state index contributed by atoms with van der Waals surface area (Å²) in [4.78, 5) is 0. The summed E-state index contributed by atoms with van der Waals surface area (Å²) in [7, 11) is 0. The number of nitrogens with zero attached hydrogens (tertiary/aromatic N) is 2. The predicted octanol–water partition coefficient (Wildman–Crippen LogP) is 4.99. The summed E-state index contributed by atoms with van der Waals surface area (Å²) in [5, 5.41) is 27.6. The van der Waals surface area contributed by atoms with E-state index in [-0.39, 0.29) is 5.82 Å². The van der Waals surface area contributed by atoms with Gasteiger partial charge < -0.3 is 10.4 Å². The maximum atomic E-state index is 13.1. The molecule has 0 aliphatic carbocycles. The Hall–Kier alpha value is -3.79. The average Bonchev–Trinajstić information content (AvgIpc) is 2.98. The van der Waals surface area contributed by atoms with Crippen LogP contribution in [0.25, 0.3) is 44.7 Å². The molecule has 0 aliphatic heterocycles. The van der Waals surface area contributed by atoms with E-state index in [1.54, 1.807) is 6.08 Å². The quantitative estimate of drug-likeness (QED) is 0.211. The molecule has 0 spiro atoms. The predicted molar refractivity (Wildman–Crippen MR) is 108 cm³/mol. The maximum absolute atomic E-state index is 13.1. The van der Waals surface area contributed by atoms with Gasteiger partial charge >= 0.3 is 5.82 Å². The fraction of sp³-hybridized carbons (Fsp3) is 0. The van der Waals surface area contributed by atoms with Crippen molar-refractivity contribution in [3.8, 4) is 0 Å². The lowest BCUT2D eigenvalue weighted by Crippen LogP contribution is -2.29. The molecule has 130 valence electrons. The van der Waals surface area contributed by atoms with Crippen LogP contribution in [0.4, 0.5) is 0 Å². The molecule has 4 heteroatoms. The number of hydrogen-bond acceptors (Lipinski definition) is 2. The van der Waals surface area contributed by atoms with Crippen molar-refractivity contribution in [2.45, 2.75) is 0 Å². The first-order chi connectivity index (χ1) is 13.3. The summed E-state index contributed by atoms with van der Waals surface area (Å²) in [6.07, 6.45) is 3.46. The molecular formula is C23H16N2O2. The molecule has 0 atom stereocenters. The molecule has 4 nitrogen and oxygen atoms in total. The summed E-state index contributed by atoms with van der Waals surface area (Å²) in [5.41, 5.74) is 1.95.